The zero-order valence-corrected chi connectivity index (χ0v) is 13.5. The third-order valence-electron chi connectivity index (χ3n) is 3.79. The van der Waals surface area contributed by atoms with Crippen molar-refractivity contribution in [2.75, 3.05) is 5.32 Å². The van der Waals surface area contributed by atoms with E-state index < -0.39 is 4.92 Å². The van der Waals surface area contributed by atoms with E-state index in [1.807, 2.05) is 37.3 Å². The van der Waals surface area contributed by atoms with Crippen LogP contribution in [0, 0.1) is 10.1 Å². The number of nitro groups is 1. The number of anilines is 1. The fourth-order valence-electron chi connectivity index (χ4n) is 2.45. The third kappa shape index (κ3) is 3.64. The molecule has 0 amide bonds. The Balaban J connectivity index is 1.84. The second-order valence-electron chi connectivity index (χ2n) is 5.56. The molecule has 1 unspecified atom stereocenters. The number of nitro benzene ring substituents is 1. The molecule has 0 fully saturated rings. The Labute approximate surface area is 143 Å². The van der Waals surface area contributed by atoms with E-state index in [0.29, 0.717) is 16.9 Å². The number of benzene rings is 2. The molecule has 0 saturated heterocycles. The first kappa shape index (κ1) is 16.6. The molecule has 0 saturated carbocycles. The van der Waals surface area contributed by atoms with E-state index in [1.54, 1.807) is 16.9 Å². The first-order valence-electron chi connectivity index (χ1n) is 7.71. The lowest BCUT2D eigenvalue weighted by Gasteiger charge is -2.13. The highest BCUT2D eigenvalue weighted by Crippen LogP contribution is 2.29. The quantitative estimate of drug-likeness (QED) is 0.528. The molecule has 1 aromatic heterocycles. The van der Waals surface area contributed by atoms with E-state index in [2.05, 4.69) is 15.6 Å². The van der Waals surface area contributed by atoms with Gasteiger partial charge in [0, 0.05) is 6.07 Å². The maximum atomic E-state index is 11.2. The van der Waals surface area contributed by atoms with Crippen LogP contribution in [0.25, 0.3) is 5.69 Å². The van der Waals surface area contributed by atoms with Crippen LogP contribution < -0.4 is 5.32 Å². The highest BCUT2D eigenvalue weighted by atomic mass is 16.6. The largest absolute Gasteiger partial charge is 0.392 e. The van der Waals surface area contributed by atoms with Gasteiger partial charge in [0.15, 0.2) is 0 Å². The lowest BCUT2D eigenvalue weighted by atomic mass is 10.1. The Hall–Kier alpha value is -3.26. The molecule has 0 aliphatic carbocycles. The van der Waals surface area contributed by atoms with E-state index in [0.717, 1.165) is 5.69 Å². The predicted molar refractivity (Wildman–Crippen MR) is 92.4 cm³/mol. The van der Waals surface area contributed by atoms with Crippen LogP contribution in [0.5, 0.6) is 0 Å². The molecule has 8 nitrogen and oxygen atoms in total. The second kappa shape index (κ2) is 7.10. The SMILES string of the molecule is CC(Nc1cc(CO)ccc1[N+](=O)[O-])c1cn(-c2ccccc2)nn1. The van der Waals surface area contributed by atoms with Gasteiger partial charge in [-0.05, 0) is 36.8 Å². The Bertz CT molecular complexity index is 879. The van der Waals surface area contributed by atoms with Crippen LogP contribution in [0.3, 0.4) is 0 Å². The van der Waals surface area contributed by atoms with Gasteiger partial charge >= 0.3 is 0 Å². The van der Waals surface area contributed by atoms with Crippen LogP contribution in [0.1, 0.15) is 24.2 Å². The van der Waals surface area contributed by atoms with E-state index in [-0.39, 0.29) is 18.3 Å². The Morgan fingerprint density at radius 1 is 1.28 bits per heavy atom. The summed E-state index contributed by atoms with van der Waals surface area (Å²) in [5.74, 6) is 0. The topological polar surface area (TPSA) is 106 Å². The molecule has 1 atom stereocenters. The molecule has 2 aromatic carbocycles. The molecule has 3 aromatic rings. The van der Waals surface area contributed by atoms with E-state index in [9.17, 15) is 15.2 Å². The Morgan fingerprint density at radius 2 is 2.04 bits per heavy atom. The number of hydrogen-bond acceptors (Lipinski definition) is 6. The summed E-state index contributed by atoms with van der Waals surface area (Å²) in [4.78, 5) is 10.7. The van der Waals surface area contributed by atoms with Crippen molar-refractivity contribution in [3.05, 3.63) is 76.1 Å². The van der Waals surface area contributed by atoms with Crippen molar-refractivity contribution >= 4 is 11.4 Å². The van der Waals surface area contributed by atoms with Crippen LogP contribution in [0.2, 0.25) is 0 Å². The highest BCUT2D eigenvalue weighted by molar-refractivity contribution is 5.63. The van der Waals surface area contributed by atoms with Gasteiger partial charge in [0.05, 0.1) is 29.5 Å². The van der Waals surface area contributed by atoms with Crippen molar-refractivity contribution in [3.8, 4) is 5.69 Å². The standard InChI is InChI=1S/C17H17N5O3/c1-12(16-10-21(20-19-16)14-5-3-2-4-6-14)18-15-9-13(11-23)7-8-17(15)22(24)25/h2-10,12,18,23H,11H2,1H3. The summed E-state index contributed by atoms with van der Waals surface area (Å²) in [5.41, 5.74) is 2.39. The zero-order chi connectivity index (χ0) is 17.8. The van der Waals surface area contributed by atoms with Gasteiger partial charge in [0.2, 0.25) is 0 Å². The molecular formula is C17H17N5O3. The molecule has 1 heterocycles. The zero-order valence-electron chi connectivity index (χ0n) is 13.5. The van der Waals surface area contributed by atoms with Gasteiger partial charge in [-0.25, -0.2) is 4.68 Å². The summed E-state index contributed by atoms with van der Waals surface area (Å²) in [6.07, 6.45) is 1.77. The number of rotatable bonds is 6. The lowest BCUT2D eigenvalue weighted by molar-refractivity contribution is -0.384. The first-order chi connectivity index (χ1) is 12.1. The lowest BCUT2D eigenvalue weighted by Crippen LogP contribution is -2.09. The van der Waals surface area contributed by atoms with Gasteiger partial charge in [-0.3, -0.25) is 10.1 Å². The van der Waals surface area contributed by atoms with Crippen LogP contribution in [-0.2, 0) is 6.61 Å². The number of nitrogens with zero attached hydrogens (tertiary/aromatic N) is 4. The summed E-state index contributed by atoms with van der Waals surface area (Å²) < 4.78 is 1.64. The van der Waals surface area contributed by atoms with Crippen molar-refractivity contribution < 1.29 is 10.0 Å². The van der Waals surface area contributed by atoms with Crippen LogP contribution in [0.4, 0.5) is 11.4 Å². The molecule has 25 heavy (non-hydrogen) atoms. The molecule has 0 bridgehead atoms. The van der Waals surface area contributed by atoms with Crippen molar-refractivity contribution in [2.45, 2.75) is 19.6 Å². The number of nitrogens with one attached hydrogen (secondary N) is 1. The summed E-state index contributed by atoms with van der Waals surface area (Å²) in [7, 11) is 0. The molecule has 0 aliphatic heterocycles. The molecule has 0 spiro atoms. The first-order valence-corrected chi connectivity index (χ1v) is 7.71. The van der Waals surface area contributed by atoms with Gasteiger partial charge in [0.25, 0.3) is 5.69 Å². The molecule has 128 valence electrons. The summed E-state index contributed by atoms with van der Waals surface area (Å²) in [6, 6.07) is 13.7. The van der Waals surface area contributed by atoms with Gasteiger partial charge in [-0.15, -0.1) is 5.10 Å². The average Bonchev–Trinajstić information content (AvgIpc) is 3.12. The maximum Gasteiger partial charge on any atom is 0.292 e. The van der Waals surface area contributed by atoms with Crippen molar-refractivity contribution in [1.82, 2.24) is 15.0 Å². The monoisotopic (exact) mass is 339 g/mol. The van der Waals surface area contributed by atoms with E-state index >= 15 is 0 Å². The van der Waals surface area contributed by atoms with Gasteiger partial charge < -0.3 is 10.4 Å². The fraction of sp³-hybridized carbons (Fsp3) is 0.176. The molecule has 0 aliphatic rings. The van der Waals surface area contributed by atoms with Crippen molar-refractivity contribution in [1.29, 1.82) is 0 Å². The van der Waals surface area contributed by atoms with Crippen molar-refractivity contribution in [2.24, 2.45) is 0 Å². The second-order valence-corrected chi connectivity index (χ2v) is 5.56. The third-order valence-corrected chi connectivity index (χ3v) is 3.79. The maximum absolute atomic E-state index is 11.2. The number of hydrogen-bond donors (Lipinski definition) is 2. The average molecular weight is 339 g/mol. The Kier molecular flexibility index (Phi) is 4.71. The predicted octanol–water partition coefficient (Wildman–Crippen LogP) is 2.84. The number of para-hydroxylation sites is 1. The van der Waals surface area contributed by atoms with Crippen molar-refractivity contribution in [3.63, 3.8) is 0 Å². The number of aliphatic hydroxyl groups excluding tert-OH is 1. The summed E-state index contributed by atoms with van der Waals surface area (Å²) >= 11 is 0. The fourth-order valence-corrected chi connectivity index (χ4v) is 2.45. The normalized spacial score (nSPS) is 11.9. The molecule has 0 radical (unpaired) electrons. The van der Waals surface area contributed by atoms with Gasteiger partial charge in [-0.1, -0.05) is 23.4 Å². The number of aliphatic hydroxyl groups is 1. The highest BCUT2D eigenvalue weighted by Gasteiger charge is 2.18. The minimum atomic E-state index is -0.461. The summed E-state index contributed by atoms with van der Waals surface area (Å²) in [6.45, 7) is 1.65. The minimum absolute atomic E-state index is 0.0560. The Morgan fingerprint density at radius 3 is 2.72 bits per heavy atom. The van der Waals surface area contributed by atoms with Crippen LogP contribution >= 0.6 is 0 Å². The van der Waals surface area contributed by atoms with Crippen LogP contribution in [-0.4, -0.2) is 25.0 Å². The smallest absolute Gasteiger partial charge is 0.292 e. The van der Waals surface area contributed by atoms with E-state index in [1.165, 1.54) is 12.1 Å². The van der Waals surface area contributed by atoms with Gasteiger partial charge in [0.1, 0.15) is 11.4 Å². The molecular weight excluding hydrogens is 322 g/mol. The number of aromatic nitrogens is 3. The summed E-state index contributed by atoms with van der Waals surface area (Å²) in [5, 5.41) is 31.8. The van der Waals surface area contributed by atoms with E-state index in [4.69, 9.17) is 0 Å². The molecule has 8 heteroatoms. The minimum Gasteiger partial charge on any atom is -0.392 e. The van der Waals surface area contributed by atoms with Crippen LogP contribution in [0.15, 0.2) is 54.7 Å². The molecule has 2 N–H and O–H groups in total. The van der Waals surface area contributed by atoms with Gasteiger partial charge in [-0.2, -0.15) is 0 Å². The molecule has 3 rings (SSSR count).